The van der Waals surface area contributed by atoms with E-state index in [2.05, 4.69) is 5.32 Å². The van der Waals surface area contributed by atoms with E-state index in [0.717, 1.165) is 25.3 Å². The van der Waals surface area contributed by atoms with Gasteiger partial charge in [0.2, 0.25) is 5.91 Å². The van der Waals surface area contributed by atoms with Crippen LogP contribution in [-0.4, -0.2) is 17.5 Å². The fourth-order valence-corrected chi connectivity index (χ4v) is 4.45. The molecule has 126 valence electrons. The number of fused-ring (bicyclic) bond motifs is 1. The molecule has 0 spiro atoms. The molecule has 1 aromatic rings. The smallest absolute Gasteiger partial charge is 0.234 e. The molecule has 3 fully saturated rings. The van der Waals surface area contributed by atoms with E-state index < -0.39 is 11.6 Å². The van der Waals surface area contributed by atoms with Crippen molar-refractivity contribution in [3.05, 3.63) is 34.4 Å². The van der Waals surface area contributed by atoms with E-state index in [1.807, 2.05) is 0 Å². The van der Waals surface area contributed by atoms with Crippen LogP contribution in [0.5, 0.6) is 0 Å². The number of benzene rings is 1. The third-order valence-electron chi connectivity index (χ3n) is 5.48. The van der Waals surface area contributed by atoms with E-state index in [-0.39, 0.29) is 40.8 Å². The molecule has 3 aliphatic rings. The molecule has 0 bridgehead atoms. The van der Waals surface area contributed by atoms with Crippen LogP contribution < -0.4 is 11.1 Å². The van der Waals surface area contributed by atoms with Crippen LogP contribution in [0.1, 0.15) is 37.2 Å². The lowest BCUT2D eigenvalue weighted by molar-refractivity contribution is -0.120. The molecule has 3 unspecified atom stereocenters. The number of rotatable bonds is 4. The second kappa shape index (κ2) is 5.57. The van der Waals surface area contributed by atoms with Gasteiger partial charge in [0.15, 0.2) is 0 Å². The van der Waals surface area contributed by atoms with Crippen molar-refractivity contribution in [3.8, 4) is 0 Å². The molecule has 23 heavy (non-hydrogen) atoms. The molecule has 0 radical (unpaired) electrons. The van der Waals surface area contributed by atoms with Crippen LogP contribution in [0.4, 0.5) is 8.78 Å². The van der Waals surface area contributed by atoms with Gasteiger partial charge in [0.05, 0.1) is 11.1 Å². The van der Waals surface area contributed by atoms with Crippen molar-refractivity contribution in [3.63, 3.8) is 0 Å². The van der Waals surface area contributed by atoms with Crippen LogP contribution >= 0.6 is 24.0 Å². The molecule has 1 aromatic carbocycles. The zero-order valence-electron chi connectivity index (χ0n) is 12.3. The van der Waals surface area contributed by atoms with Gasteiger partial charge in [-0.05, 0) is 55.2 Å². The lowest BCUT2D eigenvalue weighted by Crippen LogP contribution is -2.46. The molecule has 0 aromatic heterocycles. The topological polar surface area (TPSA) is 55.1 Å². The molecule has 2 aliphatic carbocycles. The first-order valence-corrected chi connectivity index (χ1v) is 8.01. The Labute approximate surface area is 144 Å². The van der Waals surface area contributed by atoms with Crippen LogP contribution in [0.15, 0.2) is 12.1 Å². The monoisotopic (exact) mass is 362 g/mol. The molecule has 3 nitrogen and oxygen atoms in total. The summed E-state index contributed by atoms with van der Waals surface area (Å²) in [7, 11) is 0. The summed E-state index contributed by atoms with van der Waals surface area (Å²) >= 11 is 5.66. The fraction of sp³-hybridized carbons (Fsp3) is 0.562. The van der Waals surface area contributed by atoms with E-state index in [4.69, 9.17) is 17.3 Å². The zero-order chi connectivity index (χ0) is 15.6. The average molecular weight is 363 g/mol. The highest BCUT2D eigenvalue weighted by Gasteiger charge is 2.67. The third kappa shape index (κ3) is 2.63. The van der Waals surface area contributed by atoms with E-state index in [1.54, 1.807) is 0 Å². The molecular formula is C16H18Cl2F2N2O. The second-order valence-corrected chi connectivity index (χ2v) is 7.29. The van der Waals surface area contributed by atoms with Crippen molar-refractivity contribution in [2.24, 2.45) is 17.6 Å². The number of nitrogens with two attached hydrogens (primary N) is 1. The standard InChI is InChI=1S/C16H17ClF2N2O.ClH/c17-10-5-11(18)9(4-12(10)19)14(7-1-2-7)16-6-8(16)3-13(21-16)15(20)22;/h4-5,7-8,13-14,21H,1-3,6H2,(H2,20,22);1H/t8?,13?,14-,16?;/m1./s1. The first kappa shape index (κ1) is 16.9. The number of carbonyl (C=O) groups is 1. The number of halogens is 4. The number of nitrogens with one attached hydrogen (secondary N) is 1. The summed E-state index contributed by atoms with van der Waals surface area (Å²) in [5.41, 5.74) is 5.47. The predicted octanol–water partition coefficient (Wildman–Crippen LogP) is 3.14. The van der Waals surface area contributed by atoms with Gasteiger partial charge in [-0.3, -0.25) is 10.1 Å². The van der Waals surface area contributed by atoms with Gasteiger partial charge in [0.1, 0.15) is 11.6 Å². The number of primary amides is 1. The van der Waals surface area contributed by atoms with Crippen LogP contribution in [0, 0.1) is 23.5 Å². The van der Waals surface area contributed by atoms with Crippen LogP contribution in [0.3, 0.4) is 0 Å². The van der Waals surface area contributed by atoms with Crippen molar-refractivity contribution in [1.82, 2.24) is 5.32 Å². The largest absolute Gasteiger partial charge is 0.368 e. The Morgan fingerprint density at radius 2 is 2.04 bits per heavy atom. The number of piperidine rings is 1. The number of hydrogen-bond donors (Lipinski definition) is 2. The highest BCUT2D eigenvalue weighted by atomic mass is 35.5. The normalized spacial score (nSPS) is 32.8. The minimum Gasteiger partial charge on any atom is -0.368 e. The molecule has 1 saturated heterocycles. The Morgan fingerprint density at radius 1 is 1.35 bits per heavy atom. The summed E-state index contributed by atoms with van der Waals surface area (Å²) in [5.74, 6) is -0.903. The summed E-state index contributed by atoms with van der Waals surface area (Å²) < 4.78 is 28.2. The summed E-state index contributed by atoms with van der Waals surface area (Å²) in [6, 6.07) is 1.92. The van der Waals surface area contributed by atoms with Gasteiger partial charge in [-0.1, -0.05) is 11.6 Å². The van der Waals surface area contributed by atoms with Crippen molar-refractivity contribution in [2.45, 2.75) is 43.2 Å². The second-order valence-electron chi connectivity index (χ2n) is 6.88. The number of amides is 1. The SMILES string of the molecule is Cl.NC(=O)C1CC2CC2([C@@H](c2cc(F)c(Cl)cc2F)C2CC2)N1. The van der Waals surface area contributed by atoms with Crippen molar-refractivity contribution >= 4 is 29.9 Å². The van der Waals surface area contributed by atoms with Crippen molar-refractivity contribution in [2.75, 3.05) is 0 Å². The Kier molecular flexibility index (Phi) is 4.10. The summed E-state index contributed by atoms with van der Waals surface area (Å²) in [5, 5.41) is 3.13. The van der Waals surface area contributed by atoms with Gasteiger partial charge < -0.3 is 5.73 Å². The van der Waals surface area contributed by atoms with Gasteiger partial charge in [-0.15, -0.1) is 12.4 Å². The molecular weight excluding hydrogens is 345 g/mol. The Hall–Kier alpha value is -0.910. The first-order chi connectivity index (χ1) is 10.4. The van der Waals surface area contributed by atoms with Gasteiger partial charge in [-0.2, -0.15) is 0 Å². The Bertz CT molecular complexity index is 668. The van der Waals surface area contributed by atoms with Gasteiger partial charge in [0, 0.05) is 11.5 Å². The van der Waals surface area contributed by atoms with Crippen LogP contribution in [-0.2, 0) is 4.79 Å². The highest BCUT2D eigenvalue weighted by molar-refractivity contribution is 6.30. The number of hydrogen-bond acceptors (Lipinski definition) is 2. The molecule has 4 atom stereocenters. The minimum absolute atomic E-state index is 0. The minimum atomic E-state index is -0.596. The third-order valence-corrected chi connectivity index (χ3v) is 5.77. The van der Waals surface area contributed by atoms with Crippen molar-refractivity contribution < 1.29 is 13.6 Å². The van der Waals surface area contributed by atoms with Crippen LogP contribution in [0.2, 0.25) is 5.02 Å². The summed E-state index contributed by atoms with van der Waals surface area (Å²) in [6.07, 6.45) is 3.59. The lowest BCUT2D eigenvalue weighted by Gasteiger charge is -2.29. The molecule has 7 heteroatoms. The van der Waals surface area contributed by atoms with E-state index in [9.17, 15) is 13.6 Å². The maximum absolute atomic E-state index is 14.4. The Balaban J connectivity index is 0.00000156. The molecule has 1 heterocycles. The first-order valence-electron chi connectivity index (χ1n) is 7.64. The summed E-state index contributed by atoms with van der Waals surface area (Å²) in [6.45, 7) is 0. The molecule has 4 rings (SSSR count). The fourth-order valence-electron chi connectivity index (χ4n) is 4.30. The number of carbonyl (C=O) groups excluding carboxylic acids is 1. The summed E-state index contributed by atoms with van der Waals surface area (Å²) in [4.78, 5) is 11.4. The van der Waals surface area contributed by atoms with Gasteiger partial charge in [0.25, 0.3) is 0 Å². The van der Waals surface area contributed by atoms with Gasteiger partial charge >= 0.3 is 0 Å². The molecule has 1 aliphatic heterocycles. The molecule has 1 amide bonds. The van der Waals surface area contributed by atoms with E-state index in [1.165, 1.54) is 6.07 Å². The van der Waals surface area contributed by atoms with Gasteiger partial charge in [-0.25, -0.2) is 8.78 Å². The quantitative estimate of drug-likeness (QED) is 0.808. The predicted molar refractivity (Wildman–Crippen MR) is 85.7 cm³/mol. The van der Waals surface area contributed by atoms with Crippen molar-refractivity contribution in [1.29, 1.82) is 0 Å². The lowest BCUT2D eigenvalue weighted by atomic mass is 9.84. The van der Waals surface area contributed by atoms with E-state index in [0.29, 0.717) is 23.8 Å². The Morgan fingerprint density at radius 3 is 2.61 bits per heavy atom. The van der Waals surface area contributed by atoms with E-state index >= 15 is 0 Å². The average Bonchev–Trinajstić information content (AvgIpc) is 3.36. The highest BCUT2D eigenvalue weighted by Crippen LogP contribution is 2.64. The molecule has 2 saturated carbocycles. The molecule has 3 N–H and O–H groups in total. The maximum Gasteiger partial charge on any atom is 0.234 e. The van der Waals surface area contributed by atoms with Crippen LogP contribution in [0.25, 0.3) is 0 Å². The zero-order valence-corrected chi connectivity index (χ0v) is 13.9. The maximum atomic E-state index is 14.4.